The lowest BCUT2D eigenvalue weighted by atomic mass is 9.76. The Morgan fingerprint density at radius 3 is 2.14 bits per heavy atom. The molecule has 2 saturated carbocycles. The molecule has 2 heterocycles. The van der Waals surface area contributed by atoms with Gasteiger partial charge in [-0.15, -0.1) is 0 Å². The molecule has 2 amide bonds. The molecule has 5 heteroatoms. The third-order valence-electron chi connectivity index (χ3n) is 7.77. The van der Waals surface area contributed by atoms with E-state index in [0.717, 1.165) is 38.1 Å². The maximum atomic E-state index is 12.5. The Labute approximate surface area is 170 Å². The second-order valence-electron chi connectivity index (χ2n) is 9.75. The number of amides is 2. The first kappa shape index (κ1) is 20.3. The van der Waals surface area contributed by atoms with E-state index in [1.54, 1.807) is 0 Å². The predicted octanol–water partition coefficient (Wildman–Crippen LogP) is 3.90. The van der Waals surface area contributed by atoms with Crippen LogP contribution in [0.15, 0.2) is 0 Å². The summed E-state index contributed by atoms with van der Waals surface area (Å²) in [6, 6.07) is 0.814. The minimum Gasteiger partial charge on any atom is -0.378 e. The SMILES string of the molecule is O=C1CC2(CCCC2)CC(=O)N1CCCOC1CCN(C2CCCCC2)CC1. The third kappa shape index (κ3) is 4.79. The molecule has 2 aliphatic heterocycles. The van der Waals surface area contributed by atoms with Crippen LogP contribution in [0.25, 0.3) is 0 Å². The van der Waals surface area contributed by atoms with Gasteiger partial charge >= 0.3 is 0 Å². The molecule has 2 aliphatic carbocycles. The molecule has 28 heavy (non-hydrogen) atoms. The molecule has 0 bridgehead atoms. The third-order valence-corrected chi connectivity index (χ3v) is 7.77. The lowest BCUT2D eigenvalue weighted by Gasteiger charge is -2.39. The van der Waals surface area contributed by atoms with Crippen molar-refractivity contribution in [1.29, 1.82) is 0 Å². The summed E-state index contributed by atoms with van der Waals surface area (Å²) in [5.74, 6) is 0.109. The highest BCUT2D eigenvalue weighted by molar-refractivity contribution is 5.98. The Kier molecular flexibility index (Phi) is 6.72. The summed E-state index contributed by atoms with van der Waals surface area (Å²) in [5, 5.41) is 0. The summed E-state index contributed by atoms with van der Waals surface area (Å²) in [5.41, 5.74) is 0.00741. The van der Waals surface area contributed by atoms with Gasteiger partial charge in [0.2, 0.25) is 11.8 Å². The molecule has 0 unspecified atom stereocenters. The molecule has 0 aromatic carbocycles. The van der Waals surface area contributed by atoms with E-state index in [1.165, 1.54) is 62.9 Å². The highest BCUT2D eigenvalue weighted by atomic mass is 16.5. The molecular weight excluding hydrogens is 352 g/mol. The second kappa shape index (κ2) is 9.25. The quantitative estimate of drug-likeness (QED) is 0.510. The van der Waals surface area contributed by atoms with Gasteiger partial charge in [0.15, 0.2) is 0 Å². The number of carbonyl (C=O) groups excluding carboxylic acids is 2. The van der Waals surface area contributed by atoms with Gasteiger partial charge in [0.25, 0.3) is 0 Å². The van der Waals surface area contributed by atoms with Crippen molar-refractivity contribution in [1.82, 2.24) is 9.80 Å². The molecule has 0 aromatic heterocycles. The number of hydrogen-bond donors (Lipinski definition) is 0. The molecule has 1 spiro atoms. The zero-order valence-corrected chi connectivity index (χ0v) is 17.5. The van der Waals surface area contributed by atoms with E-state index in [2.05, 4.69) is 4.90 Å². The fourth-order valence-corrected chi connectivity index (χ4v) is 6.09. The van der Waals surface area contributed by atoms with Crippen molar-refractivity contribution in [3.8, 4) is 0 Å². The van der Waals surface area contributed by atoms with E-state index in [9.17, 15) is 9.59 Å². The topological polar surface area (TPSA) is 49.9 Å². The van der Waals surface area contributed by atoms with Crippen molar-refractivity contribution in [2.75, 3.05) is 26.2 Å². The monoisotopic (exact) mass is 390 g/mol. The molecule has 0 aromatic rings. The number of carbonyl (C=O) groups is 2. The average molecular weight is 391 g/mol. The lowest BCUT2D eigenvalue weighted by molar-refractivity contribution is -0.153. The highest BCUT2D eigenvalue weighted by Crippen LogP contribution is 2.46. The summed E-state index contributed by atoms with van der Waals surface area (Å²) in [6.45, 7) is 3.53. The molecule has 0 atom stereocenters. The Morgan fingerprint density at radius 2 is 1.50 bits per heavy atom. The summed E-state index contributed by atoms with van der Waals surface area (Å²) < 4.78 is 6.10. The number of hydrogen-bond acceptors (Lipinski definition) is 4. The summed E-state index contributed by atoms with van der Waals surface area (Å²) in [4.78, 5) is 29.2. The Bertz CT molecular complexity index is 524. The van der Waals surface area contributed by atoms with Gasteiger partial charge in [-0.05, 0) is 50.4 Å². The number of nitrogens with zero attached hydrogens (tertiary/aromatic N) is 2. The van der Waals surface area contributed by atoms with Crippen LogP contribution in [0.1, 0.15) is 89.9 Å². The van der Waals surface area contributed by atoms with Crippen LogP contribution in [-0.2, 0) is 14.3 Å². The van der Waals surface area contributed by atoms with Gasteiger partial charge < -0.3 is 9.64 Å². The van der Waals surface area contributed by atoms with Crippen LogP contribution in [0.3, 0.4) is 0 Å². The second-order valence-corrected chi connectivity index (χ2v) is 9.75. The molecule has 4 fully saturated rings. The van der Waals surface area contributed by atoms with Crippen molar-refractivity contribution in [2.24, 2.45) is 5.41 Å². The number of ether oxygens (including phenoxy) is 1. The largest absolute Gasteiger partial charge is 0.378 e. The Hall–Kier alpha value is -0.940. The number of piperidine rings is 2. The van der Waals surface area contributed by atoms with Crippen LogP contribution in [0.2, 0.25) is 0 Å². The van der Waals surface area contributed by atoms with Crippen LogP contribution in [0, 0.1) is 5.41 Å². The van der Waals surface area contributed by atoms with Crippen LogP contribution in [-0.4, -0.2) is 60.0 Å². The van der Waals surface area contributed by atoms with E-state index in [-0.39, 0.29) is 17.2 Å². The van der Waals surface area contributed by atoms with Crippen molar-refractivity contribution in [3.05, 3.63) is 0 Å². The normalized spacial score (nSPS) is 27.8. The van der Waals surface area contributed by atoms with Gasteiger partial charge in [-0.25, -0.2) is 0 Å². The zero-order valence-electron chi connectivity index (χ0n) is 17.5. The van der Waals surface area contributed by atoms with E-state index in [1.807, 2.05) is 0 Å². The van der Waals surface area contributed by atoms with Crippen LogP contribution < -0.4 is 0 Å². The van der Waals surface area contributed by atoms with Gasteiger partial charge in [-0.1, -0.05) is 32.1 Å². The Balaban J connectivity index is 1.13. The van der Waals surface area contributed by atoms with E-state index in [0.29, 0.717) is 32.1 Å². The fraction of sp³-hybridized carbons (Fsp3) is 0.913. The molecule has 158 valence electrons. The van der Waals surface area contributed by atoms with Crippen molar-refractivity contribution in [2.45, 2.75) is 102 Å². The van der Waals surface area contributed by atoms with E-state index >= 15 is 0 Å². The zero-order chi connectivity index (χ0) is 19.4. The van der Waals surface area contributed by atoms with Crippen LogP contribution in [0.4, 0.5) is 0 Å². The molecule has 4 rings (SSSR count). The molecule has 5 nitrogen and oxygen atoms in total. The predicted molar refractivity (Wildman–Crippen MR) is 109 cm³/mol. The van der Waals surface area contributed by atoms with Crippen molar-refractivity contribution in [3.63, 3.8) is 0 Å². The van der Waals surface area contributed by atoms with E-state index in [4.69, 9.17) is 4.74 Å². The summed E-state index contributed by atoms with van der Waals surface area (Å²) in [7, 11) is 0. The maximum Gasteiger partial charge on any atom is 0.229 e. The number of rotatable bonds is 6. The molecular formula is C23H38N2O3. The minimum absolute atomic E-state index is 0.00741. The minimum atomic E-state index is 0.00741. The van der Waals surface area contributed by atoms with Crippen molar-refractivity contribution < 1.29 is 14.3 Å². The van der Waals surface area contributed by atoms with Gasteiger partial charge in [0, 0.05) is 45.1 Å². The first-order valence-corrected chi connectivity index (χ1v) is 11.8. The standard InChI is InChI=1S/C23H38N2O3/c26-21-17-23(11-4-5-12-23)18-22(27)25(21)13-6-16-28-20-9-14-24(15-10-20)19-7-2-1-3-8-19/h19-20H,1-18H2. The van der Waals surface area contributed by atoms with Gasteiger partial charge in [-0.2, -0.15) is 0 Å². The smallest absolute Gasteiger partial charge is 0.229 e. The average Bonchev–Trinajstić information content (AvgIpc) is 3.15. The highest BCUT2D eigenvalue weighted by Gasteiger charge is 2.44. The summed E-state index contributed by atoms with van der Waals surface area (Å²) >= 11 is 0. The van der Waals surface area contributed by atoms with E-state index < -0.39 is 0 Å². The molecule has 0 N–H and O–H groups in total. The van der Waals surface area contributed by atoms with Crippen molar-refractivity contribution >= 4 is 11.8 Å². The van der Waals surface area contributed by atoms with Crippen LogP contribution >= 0.6 is 0 Å². The van der Waals surface area contributed by atoms with Gasteiger partial charge in [-0.3, -0.25) is 14.5 Å². The lowest BCUT2D eigenvalue weighted by Crippen LogP contribution is -2.47. The maximum absolute atomic E-state index is 12.5. The fourth-order valence-electron chi connectivity index (χ4n) is 6.09. The van der Waals surface area contributed by atoms with Gasteiger partial charge in [0.1, 0.15) is 0 Å². The number of imide groups is 1. The molecule has 0 radical (unpaired) electrons. The van der Waals surface area contributed by atoms with Crippen LogP contribution in [0.5, 0.6) is 0 Å². The molecule has 4 aliphatic rings. The Morgan fingerprint density at radius 1 is 0.857 bits per heavy atom. The van der Waals surface area contributed by atoms with Gasteiger partial charge in [0.05, 0.1) is 6.10 Å². The number of likely N-dealkylation sites (tertiary alicyclic amines) is 2. The summed E-state index contributed by atoms with van der Waals surface area (Å²) in [6.07, 6.45) is 16.0. The molecule has 2 saturated heterocycles. The first-order chi connectivity index (χ1) is 13.7. The first-order valence-electron chi connectivity index (χ1n) is 11.8.